The van der Waals surface area contributed by atoms with Gasteiger partial charge in [0.15, 0.2) is 0 Å². The van der Waals surface area contributed by atoms with Crippen LogP contribution in [0.3, 0.4) is 0 Å². The summed E-state index contributed by atoms with van der Waals surface area (Å²) in [7, 11) is 0. The van der Waals surface area contributed by atoms with Crippen LogP contribution in [-0.2, 0) is 6.42 Å². The Morgan fingerprint density at radius 1 is 1.39 bits per heavy atom. The third kappa shape index (κ3) is 3.81. The van der Waals surface area contributed by atoms with E-state index in [0.717, 1.165) is 14.9 Å². The molecule has 1 heterocycles. The molecule has 2 nitrogen and oxygen atoms in total. The minimum Gasteiger partial charge on any atom is -0.352 e. The molecule has 18 heavy (non-hydrogen) atoms. The fourth-order valence-corrected chi connectivity index (χ4v) is 3.05. The van der Waals surface area contributed by atoms with E-state index in [1.54, 1.807) is 11.3 Å². The van der Waals surface area contributed by atoms with Gasteiger partial charge in [0.25, 0.3) is 5.91 Å². The molecular formula is C14H14INOS. The number of amides is 1. The number of hydrogen-bond donors (Lipinski definition) is 1. The Balaban J connectivity index is 1.84. The first-order valence-electron chi connectivity index (χ1n) is 5.73. The average Bonchev–Trinajstić information content (AvgIpc) is 2.76. The highest BCUT2D eigenvalue weighted by Crippen LogP contribution is 2.16. The van der Waals surface area contributed by atoms with Gasteiger partial charge in [-0.2, -0.15) is 0 Å². The van der Waals surface area contributed by atoms with Crippen molar-refractivity contribution in [3.63, 3.8) is 0 Å². The highest BCUT2D eigenvalue weighted by atomic mass is 127. The van der Waals surface area contributed by atoms with Crippen molar-refractivity contribution in [3.05, 3.63) is 55.3 Å². The van der Waals surface area contributed by atoms with Crippen LogP contribution >= 0.6 is 33.9 Å². The molecule has 0 saturated heterocycles. The summed E-state index contributed by atoms with van der Waals surface area (Å²) in [6.07, 6.45) is 0.870. The Bertz CT molecular complexity index is 550. The maximum atomic E-state index is 11.8. The molecule has 1 aromatic heterocycles. The molecule has 0 saturated carbocycles. The van der Waals surface area contributed by atoms with Crippen LogP contribution in [0.15, 0.2) is 35.7 Å². The van der Waals surface area contributed by atoms with Crippen molar-refractivity contribution in [2.24, 2.45) is 0 Å². The van der Waals surface area contributed by atoms with E-state index in [9.17, 15) is 4.79 Å². The molecule has 0 aliphatic carbocycles. The van der Waals surface area contributed by atoms with Gasteiger partial charge in [-0.15, -0.1) is 11.3 Å². The lowest BCUT2D eigenvalue weighted by Gasteiger charge is -2.04. The number of nitrogens with one attached hydrogen (secondary N) is 1. The summed E-state index contributed by atoms with van der Waals surface area (Å²) in [6, 6.07) is 10.3. The van der Waals surface area contributed by atoms with Crippen LogP contribution in [0.1, 0.15) is 21.5 Å². The zero-order valence-corrected chi connectivity index (χ0v) is 13.0. The molecule has 1 aromatic carbocycles. The molecule has 1 N–H and O–H groups in total. The molecule has 94 valence electrons. The standard InChI is InChI=1S/C14H14INOS/c1-10-3-2-4-11(7-10)5-6-16-14(17)12-8-13(15)18-9-12/h2-4,7-9H,5-6H2,1H3,(H,16,17). The van der Waals surface area contributed by atoms with Crippen molar-refractivity contribution < 1.29 is 4.79 Å². The first-order chi connectivity index (χ1) is 8.65. The van der Waals surface area contributed by atoms with E-state index in [1.807, 2.05) is 17.5 Å². The van der Waals surface area contributed by atoms with Crippen LogP contribution in [0, 0.1) is 9.81 Å². The lowest BCUT2D eigenvalue weighted by molar-refractivity contribution is 0.0954. The Hall–Kier alpha value is -0.880. The second-order valence-electron chi connectivity index (χ2n) is 4.13. The lowest BCUT2D eigenvalue weighted by atomic mass is 10.1. The van der Waals surface area contributed by atoms with E-state index in [0.29, 0.717) is 6.54 Å². The maximum absolute atomic E-state index is 11.8. The van der Waals surface area contributed by atoms with E-state index in [1.165, 1.54) is 11.1 Å². The first-order valence-corrected chi connectivity index (χ1v) is 7.69. The molecule has 4 heteroatoms. The van der Waals surface area contributed by atoms with Gasteiger partial charge >= 0.3 is 0 Å². The van der Waals surface area contributed by atoms with Gasteiger partial charge in [-0.05, 0) is 47.6 Å². The van der Waals surface area contributed by atoms with Gasteiger partial charge in [0, 0.05) is 11.9 Å². The summed E-state index contributed by atoms with van der Waals surface area (Å²) in [4.78, 5) is 11.8. The number of benzene rings is 1. The Kier molecular flexibility index (Phi) is 4.77. The third-order valence-electron chi connectivity index (χ3n) is 2.61. The Morgan fingerprint density at radius 3 is 2.89 bits per heavy atom. The number of carbonyl (C=O) groups excluding carboxylic acids is 1. The van der Waals surface area contributed by atoms with E-state index >= 15 is 0 Å². The summed E-state index contributed by atoms with van der Waals surface area (Å²) in [5, 5.41) is 4.84. The summed E-state index contributed by atoms with van der Waals surface area (Å²) in [5.74, 6) is 0.0156. The molecule has 0 atom stereocenters. The van der Waals surface area contributed by atoms with Crippen LogP contribution < -0.4 is 5.32 Å². The Morgan fingerprint density at radius 2 is 2.22 bits per heavy atom. The number of halogens is 1. The normalized spacial score (nSPS) is 10.3. The second kappa shape index (κ2) is 6.33. The van der Waals surface area contributed by atoms with Gasteiger partial charge in [0.1, 0.15) is 0 Å². The molecule has 0 radical (unpaired) electrons. The molecule has 2 aromatic rings. The number of thiophene rings is 1. The highest BCUT2D eigenvalue weighted by molar-refractivity contribution is 14.1. The molecule has 0 bridgehead atoms. The fourth-order valence-electron chi connectivity index (χ4n) is 1.72. The number of aryl methyl sites for hydroxylation is 1. The third-order valence-corrected chi connectivity index (χ3v) is 4.40. The molecule has 0 fully saturated rings. The van der Waals surface area contributed by atoms with Crippen LogP contribution in [0.5, 0.6) is 0 Å². The average molecular weight is 371 g/mol. The van der Waals surface area contributed by atoms with Crippen molar-refractivity contribution in [1.82, 2.24) is 5.32 Å². The van der Waals surface area contributed by atoms with Crippen molar-refractivity contribution >= 4 is 39.8 Å². The molecule has 2 rings (SSSR count). The predicted molar refractivity (Wildman–Crippen MR) is 84.3 cm³/mol. The van der Waals surface area contributed by atoms with Gasteiger partial charge in [-0.25, -0.2) is 0 Å². The minimum atomic E-state index is 0.0156. The topological polar surface area (TPSA) is 29.1 Å². The molecular weight excluding hydrogens is 357 g/mol. The summed E-state index contributed by atoms with van der Waals surface area (Å²) in [5.41, 5.74) is 3.27. The van der Waals surface area contributed by atoms with Crippen LogP contribution in [0.2, 0.25) is 0 Å². The van der Waals surface area contributed by atoms with Gasteiger partial charge < -0.3 is 5.32 Å². The molecule has 0 spiro atoms. The van der Waals surface area contributed by atoms with Crippen LogP contribution in [0.25, 0.3) is 0 Å². The first kappa shape index (κ1) is 13.5. The van der Waals surface area contributed by atoms with Gasteiger partial charge in [0.2, 0.25) is 0 Å². The molecule has 1 amide bonds. The smallest absolute Gasteiger partial charge is 0.252 e. The molecule has 0 aliphatic rings. The molecule has 0 aliphatic heterocycles. The van der Waals surface area contributed by atoms with E-state index < -0.39 is 0 Å². The Labute approximate surface area is 125 Å². The van der Waals surface area contributed by atoms with Crippen LogP contribution in [-0.4, -0.2) is 12.5 Å². The van der Waals surface area contributed by atoms with E-state index in [2.05, 4.69) is 53.0 Å². The van der Waals surface area contributed by atoms with Gasteiger partial charge in [-0.3, -0.25) is 4.79 Å². The van der Waals surface area contributed by atoms with Crippen molar-refractivity contribution in [2.45, 2.75) is 13.3 Å². The largest absolute Gasteiger partial charge is 0.352 e. The van der Waals surface area contributed by atoms with E-state index in [-0.39, 0.29) is 5.91 Å². The quantitative estimate of drug-likeness (QED) is 0.818. The van der Waals surface area contributed by atoms with Crippen molar-refractivity contribution in [1.29, 1.82) is 0 Å². The second-order valence-corrected chi connectivity index (χ2v) is 6.94. The van der Waals surface area contributed by atoms with Crippen molar-refractivity contribution in [3.8, 4) is 0 Å². The van der Waals surface area contributed by atoms with E-state index in [4.69, 9.17) is 0 Å². The number of carbonyl (C=O) groups is 1. The molecule has 0 unspecified atom stereocenters. The summed E-state index contributed by atoms with van der Waals surface area (Å²) < 4.78 is 1.14. The number of hydrogen-bond acceptors (Lipinski definition) is 2. The maximum Gasteiger partial charge on any atom is 0.252 e. The zero-order chi connectivity index (χ0) is 13.0. The van der Waals surface area contributed by atoms with Gasteiger partial charge in [-0.1, -0.05) is 29.8 Å². The van der Waals surface area contributed by atoms with Gasteiger partial charge in [0.05, 0.1) is 8.45 Å². The summed E-state index contributed by atoms with van der Waals surface area (Å²) >= 11 is 3.81. The zero-order valence-electron chi connectivity index (χ0n) is 10.1. The highest BCUT2D eigenvalue weighted by Gasteiger charge is 2.06. The monoisotopic (exact) mass is 371 g/mol. The predicted octanol–water partition coefficient (Wildman–Crippen LogP) is 3.63. The lowest BCUT2D eigenvalue weighted by Crippen LogP contribution is -2.25. The fraction of sp³-hybridized carbons (Fsp3) is 0.214. The summed E-state index contributed by atoms with van der Waals surface area (Å²) in [6.45, 7) is 2.75. The SMILES string of the molecule is Cc1cccc(CCNC(=O)c2csc(I)c2)c1. The minimum absolute atomic E-state index is 0.0156. The number of rotatable bonds is 4. The van der Waals surface area contributed by atoms with Crippen LogP contribution in [0.4, 0.5) is 0 Å². The van der Waals surface area contributed by atoms with Crippen molar-refractivity contribution in [2.75, 3.05) is 6.54 Å².